The van der Waals surface area contributed by atoms with E-state index in [1.54, 1.807) is 0 Å². The standard InChI is InChI=1S/C89H174O17P2/c1-5-9-13-17-21-25-29-32-35-38-40-41-42-43-46-49-52-56-60-64-68-72-76-89(94)106-85(80-100-87(92)74-70-66-62-58-54-50-47-45-39-36-33-30-26-22-18-14-10-6-2)82-104-108(97,98)102-78-83(90)77-101-107(95,96)103-81-84(79-99-86(91)73-69-65-61-57-53-28-24-20-16-12-8-4)105-88(93)75-71-67-63-59-55-51-48-44-37-34-31-27-23-19-15-11-7-3/h83-85,90H,5-82H2,1-4H3,(H,95,96)(H,97,98)/t83-,84+,85+/m0/s1. The lowest BCUT2D eigenvalue weighted by atomic mass is 10.0. The van der Waals surface area contributed by atoms with Gasteiger partial charge in [0, 0.05) is 25.7 Å². The van der Waals surface area contributed by atoms with Gasteiger partial charge in [-0.25, -0.2) is 9.13 Å². The molecule has 0 heterocycles. The zero-order valence-corrected chi connectivity index (χ0v) is 72.6. The van der Waals surface area contributed by atoms with Crippen molar-refractivity contribution in [3.05, 3.63) is 0 Å². The van der Waals surface area contributed by atoms with Crippen molar-refractivity contribution < 1.29 is 80.2 Å². The Balaban J connectivity index is 5.22. The van der Waals surface area contributed by atoms with Crippen molar-refractivity contribution in [1.29, 1.82) is 0 Å². The summed E-state index contributed by atoms with van der Waals surface area (Å²) in [5.41, 5.74) is 0. The van der Waals surface area contributed by atoms with E-state index in [9.17, 15) is 43.2 Å². The lowest BCUT2D eigenvalue weighted by molar-refractivity contribution is -0.161. The van der Waals surface area contributed by atoms with Gasteiger partial charge in [0.1, 0.15) is 19.3 Å². The number of aliphatic hydroxyl groups excluding tert-OH is 1. The summed E-state index contributed by atoms with van der Waals surface area (Å²) in [6.07, 6.45) is 79.2. The number of ether oxygens (including phenoxy) is 4. The predicted octanol–water partition coefficient (Wildman–Crippen LogP) is 27.7. The van der Waals surface area contributed by atoms with Crippen LogP contribution in [0.5, 0.6) is 0 Å². The molecule has 0 radical (unpaired) electrons. The van der Waals surface area contributed by atoms with Gasteiger partial charge in [-0.2, -0.15) is 0 Å². The van der Waals surface area contributed by atoms with Crippen LogP contribution in [0.25, 0.3) is 0 Å². The van der Waals surface area contributed by atoms with Gasteiger partial charge in [-0.1, -0.05) is 439 Å². The van der Waals surface area contributed by atoms with Crippen molar-refractivity contribution in [1.82, 2.24) is 0 Å². The normalized spacial score (nSPS) is 13.7. The summed E-state index contributed by atoms with van der Waals surface area (Å²) in [5, 5.41) is 10.7. The van der Waals surface area contributed by atoms with Gasteiger partial charge in [0.2, 0.25) is 0 Å². The highest BCUT2D eigenvalue weighted by Crippen LogP contribution is 2.45. The van der Waals surface area contributed by atoms with E-state index in [-0.39, 0.29) is 25.7 Å². The van der Waals surface area contributed by atoms with Crippen LogP contribution in [0.2, 0.25) is 0 Å². The lowest BCUT2D eigenvalue weighted by Gasteiger charge is -2.21. The third-order valence-electron chi connectivity index (χ3n) is 21.1. The van der Waals surface area contributed by atoms with Gasteiger partial charge in [0.15, 0.2) is 12.2 Å². The molecule has 0 bridgehead atoms. The summed E-state index contributed by atoms with van der Waals surface area (Å²) in [7, 11) is -9.93. The number of hydrogen-bond donors (Lipinski definition) is 3. The molecule has 19 heteroatoms. The fraction of sp³-hybridized carbons (Fsp3) is 0.955. The van der Waals surface area contributed by atoms with Gasteiger partial charge < -0.3 is 33.8 Å². The van der Waals surface area contributed by atoms with Crippen molar-refractivity contribution in [3.63, 3.8) is 0 Å². The van der Waals surface area contributed by atoms with Crippen LogP contribution in [-0.4, -0.2) is 96.7 Å². The first-order chi connectivity index (χ1) is 52.7. The second kappa shape index (κ2) is 83.0. The minimum Gasteiger partial charge on any atom is -0.462 e. The molecule has 3 N–H and O–H groups in total. The molecule has 0 spiro atoms. The molecule has 108 heavy (non-hydrogen) atoms. The van der Waals surface area contributed by atoms with E-state index < -0.39 is 97.5 Å². The molecule has 0 aromatic heterocycles. The largest absolute Gasteiger partial charge is 0.472 e. The summed E-state index contributed by atoms with van der Waals surface area (Å²) < 4.78 is 69.0. The number of carbonyl (C=O) groups is 4. The third-order valence-corrected chi connectivity index (χ3v) is 23.0. The Labute approximate surface area is 664 Å². The molecule has 0 aromatic carbocycles. The van der Waals surface area contributed by atoms with E-state index in [1.807, 2.05) is 0 Å². The average molecular weight is 1580 g/mol. The number of phosphoric ester groups is 2. The van der Waals surface area contributed by atoms with Crippen LogP contribution in [0.3, 0.4) is 0 Å². The predicted molar refractivity (Wildman–Crippen MR) is 446 cm³/mol. The first-order valence-corrected chi connectivity index (χ1v) is 49.3. The van der Waals surface area contributed by atoms with Crippen LogP contribution in [0.1, 0.15) is 490 Å². The van der Waals surface area contributed by atoms with E-state index in [4.69, 9.17) is 37.0 Å². The molecule has 0 aromatic rings. The molecule has 0 aliphatic heterocycles. The van der Waals surface area contributed by atoms with Gasteiger partial charge in [0.25, 0.3) is 0 Å². The van der Waals surface area contributed by atoms with Gasteiger partial charge in [-0.05, 0) is 25.7 Å². The number of unbranched alkanes of at least 4 members (excludes halogenated alkanes) is 64. The number of aliphatic hydroxyl groups is 1. The minimum absolute atomic E-state index is 0.109. The molecule has 0 saturated heterocycles. The highest BCUT2D eigenvalue weighted by Gasteiger charge is 2.30. The van der Waals surface area contributed by atoms with E-state index >= 15 is 0 Å². The maximum absolute atomic E-state index is 13.2. The zero-order valence-electron chi connectivity index (χ0n) is 70.8. The average Bonchev–Trinajstić information content (AvgIpc) is 0.900. The minimum atomic E-state index is -4.97. The molecule has 17 nitrogen and oxygen atoms in total. The Morgan fingerprint density at radius 3 is 0.546 bits per heavy atom. The topological polar surface area (TPSA) is 237 Å². The first-order valence-electron chi connectivity index (χ1n) is 46.3. The summed E-state index contributed by atoms with van der Waals surface area (Å²) in [5.74, 6) is -2.09. The summed E-state index contributed by atoms with van der Waals surface area (Å²) in [6, 6.07) is 0. The highest BCUT2D eigenvalue weighted by molar-refractivity contribution is 7.47. The van der Waals surface area contributed by atoms with E-state index in [1.165, 1.54) is 321 Å². The number of hydrogen-bond acceptors (Lipinski definition) is 15. The SMILES string of the molecule is CCCCCCCCCCCCCCCCCCCCCCCCC(=O)O[C@H](COC(=O)CCCCCCCCCCCCCCCCCCCC)COP(=O)(O)OC[C@@H](O)COP(=O)(O)OC[C@@H](COC(=O)CCCCCCCCCCCCC)OC(=O)CCCCCCCCCCCCCCCCCCC. The van der Waals surface area contributed by atoms with Crippen LogP contribution >= 0.6 is 15.6 Å². The van der Waals surface area contributed by atoms with Crippen molar-refractivity contribution >= 4 is 39.5 Å². The number of carbonyl (C=O) groups excluding carboxylic acids is 4. The van der Waals surface area contributed by atoms with E-state index in [0.29, 0.717) is 25.7 Å². The molecule has 0 amide bonds. The van der Waals surface area contributed by atoms with Crippen molar-refractivity contribution in [2.45, 2.75) is 508 Å². The van der Waals surface area contributed by atoms with Gasteiger partial charge in [-0.15, -0.1) is 0 Å². The molecule has 2 unspecified atom stereocenters. The molecular formula is C89H174O17P2. The molecule has 0 saturated carbocycles. The van der Waals surface area contributed by atoms with E-state index in [0.717, 1.165) is 89.9 Å². The summed E-state index contributed by atoms with van der Waals surface area (Å²) in [4.78, 5) is 73.3. The van der Waals surface area contributed by atoms with Crippen molar-refractivity contribution in [2.75, 3.05) is 39.6 Å². The third kappa shape index (κ3) is 82.1. The van der Waals surface area contributed by atoms with Gasteiger partial charge in [-0.3, -0.25) is 37.3 Å². The molecule has 642 valence electrons. The van der Waals surface area contributed by atoms with E-state index in [2.05, 4.69) is 27.7 Å². The van der Waals surface area contributed by atoms with Gasteiger partial charge >= 0.3 is 39.5 Å². The summed E-state index contributed by atoms with van der Waals surface area (Å²) in [6.45, 7) is 5.08. The van der Waals surface area contributed by atoms with Crippen LogP contribution in [0, 0.1) is 0 Å². The quantitative estimate of drug-likeness (QED) is 0.0222. The summed E-state index contributed by atoms with van der Waals surface area (Å²) >= 11 is 0. The Morgan fingerprint density at radius 2 is 0.370 bits per heavy atom. The second-order valence-corrected chi connectivity index (χ2v) is 34.9. The van der Waals surface area contributed by atoms with Crippen LogP contribution in [-0.2, 0) is 65.4 Å². The van der Waals surface area contributed by atoms with Crippen molar-refractivity contribution in [3.8, 4) is 0 Å². The maximum Gasteiger partial charge on any atom is 0.472 e. The molecular weight excluding hydrogens is 1400 g/mol. The molecule has 0 fully saturated rings. The zero-order chi connectivity index (χ0) is 78.9. The Morgan fingerprint density at radius 1 is 0.222 bits per heavy atom. The second-order valence-electron chi connectivity index (χ2n) is 32.0. The Bertz CT molecular complexity index is 2030. The number of rotatable bonds is 90. The highest BCUT2D eigenvalue weighted by atomic mass is 31.2. The van der Waals surface area contributed by atoms with Crippen molar-refractivity contribution in [2.24, 2.45) is 0 Å². The molecule has 0 aliphatic carbocycles. The van der Waals surface area contributed by atoms with Gasteiger partial charge in [0.05, 0.1) is 26.4 Å². The van der Waals surface area contributed by atoms with Crippen LogP contribution in [0.15, 0.2) is 0 Å². The van der Waals surface area contributed by atoms with Crippen LogP contribution < -0.4 is 0 Å². The smallest absolute Gasteiger partial charge is 0.462 e. The fourth-order valence-electron chi connectivity index (χ4n) is 14.1. The monoisotopic (exact) mass is 1580 g/mol. The number of phosphoric acid groups is 2. The fourth-order valence-corrected chi connectivity index (χ4v) is 15.6. The Hall–Kier alpha value is -1.94. The van der Waals surface area contributed by atoms with Crippen LogP contribution in [0.4, 0.5) is 0 Å². The lowest BCUT2D eigenvalue weighted by Crippen LogP contribution is -2.30. The maximum atomic E-state index is 13.2. The number of esters is 4. The Kier molecular flexibility index (Phi) is 81.5. The first kappa shape index (κ1) is 106. The molecule has 5 atom stereocenters. The molecule has 0 aliphatic rings. The molecule has 0 rings (SSSR count).